The summed E-state index contributed by atoms with van der Waals surface area (Å²) in [5.74, 6) is -0.125. The van der Waals surface area contributed by atoms with Crippen LogP contribution in [0.3, 0.4) is 0 Å². The quantitative estimate of drug-likeness (QED) is 0.882. The van der Waals surface area contributed by atoms with Crippen LogP contribution in [-0.4, -0.2) is 32.0 Å². The highest BCUT2D eigenvalue weighted by molar-refractivity contribution is 7.92. The second kappa shape index (κ2) is 7.06. The molecule has 2 aromatic carbocycles. The van der Waals surface area contributed by atoms with Crippen molar-refractivity contribution >= 4 is 33.2 Å². The van der Waals surface area contributed by atoms with E-state index in [0.29, 0.717) is 12.1 Å². The van der Waals surface area contributed by atoms with Gasteiger partial charge in [0.2, 0.25) is 10.0 Å². The van der Waals surface area contributed by atoms with Crippen LogP contribution in [0, 0.1) is 0 Å². The van der Waals surface area contributed by atoms with E-state index < -0.39 is 10.0 Å². The molecule has 1 N–H and O–H groups in total. The van der Waals surface area contributed by atoms with E-state index in [9.17, 15) is 13.2 Å². The number of amides is 1. The third-order valence-corrected chi connectivity index (χ3v) is 5.13. The number of nitrogens with zero attached hydrogens (tertiary/aromatic N) is 1. The Labute approximate surface area is 152 Å². The van der Waals surface area contributed by atoms with E-state index in [1.165, 1.54) is 12.1 Å². The zero-order valence-corrected chi connectivity index (χ0v) is 15.3. The summed E-state index contributed by atoms with van der Waals surface area (Å²) < 4.78 is 25.3. The molecule has 1 fully saturated rings. The van der Waals surface area contributed by atoms with Gasteiger partial charge >= 0.3 is 0 Å². The van der Waals surface area contributed by atoms with Gasteiger partial charge in [0.1, 0.15) is 0 Å². The molecule has 0 bridgehead atoms. The summed E-state index contributed by atoms with van der Waals surface area (Å²) >= 11 is 6.04. The highest BCUT2D eigenvalue weighted by Gasteiger charge is 2.30. The lowest BCUT2D eigenvalue weighted by atomic mass is 10.0. The smallest absolute Gasteiger partial charge is 0.254 e. The molecule has 7 heteroatoms. The van der Waals surface area contributed by atoms with Gasteiger partial charge in [-0.1, -0.05) is 41.9 Å². The van der Waals surface area contributed by atoms with Gasteiger partial charge in [0.15, 0.2) is 0 Å². The standard InChI is InChI=1S/C18H19ClN2O3S/c1-25(23,24)20-16-12-14(9-10-15(16)19)18(22)21-11-5-8-17(21)13-6-3-2-4-7-13/h2-4,6-7,9-10,12,17,20H,5,8,11H2,1H3/t17-/m1/s1. The summed E-state index contributed by atoms with van der Waals surface area (Å²) in [5.41, 5.74) is 1.74. The molecule has 0 aliphatic carbocycles. The van der Waals surface area contributed by atoms with E-state index in [2.05, 4.69) is 4.72 Å². The summed E-state index contributed by atoms with van der Waals surface area (Å²) in [6, 6.07) is 14.6. The first-order valence-electron chi connectivity index (χ1n) is 7.98. The van der Waals surface area contributed by atoms with Gasteiger partial charge in [-0.15, -0.1) is 0 Å². The average Bonchev–Trinajstić information content (AvgIpc) is 3.05. The maximum Gasteiger partial charge on any atom is 0.254 e. The van der Waals surface area contributed by atoms with Crippen molar-refractivity contribution in [2.45, 2.75) is 18.9 Å². The third kappa shape index (κ3) is 4.14. The summed E-state index contributed by atoms with van der Waals surface area (Å²) in [6.07, 6.45) is 2.90. The molecule has 1 aliphatic heterocycles. The maximum atomic E-state index is 13.0. The second-order valence-corrected chi connectivity index (χ2v) is 8.29. The molecule has 0 unspecified atom stereocenters. The lowest BCUT2D eigenvalue weighted by molar-refractivity contribution is 0.0735. The maximum absolute atomic E-state index is 13.0. The minimum atomic E-state index is -3.47. The van der Waals surface area contributed by atoms with Crippen LogP contribution in [0.2, 0.25) is 5.02 Å². The molecule has 1 atom stereocenters. The lowest BCUT2D eigenvalue weighted by Crippen LogP contribution is -2.30. The van der Waals surface area contributed by atoms with E-state index >= 15 is 0 Å². The molecular weight excluding hydrogens is 360 g/mol. The minimum Gasteiger partial charge on any atom is -0.332 e. The molecule has 1 aliphatic rings. The van der Waals surface area contributed by atoms with Gasteiger partial charge in [-0.05, 0) is 36.6 Å². The van der Waals surface area contributed by atoms with Gasteiger partial charge < -0.3 is 4.90 Å². The molecular formula is C18H19ClN2O3S. The van der Waals surface area contributed by atoms with Gasteiger partial charge in [-0.25, -0.2) is 8.42 Å². The van der Waals surface area contributed by atoms with Gasteiger partial charge in [0, 0.05) is 12.1 Å². The number of nitrogens with one attached hydrogen (secondary N) is 1. The summed E-state index contributed by atoms with van der Waals surface area (Å²) in [7, 11) is -3.47. The lowest BCUT2D eigenvalue weighted by Gasteiger charge is -2.25. The van der Waals surface area contributed by atoms with Crippen molar-refractivity contribution in [3.8, 4) is 0 Å². The summed E-state index contributed by atoms with van der Waals surface area (Å²) in [6.45, 7) is 0.676. The summed E-state index contributed by atoms with van der Waals surface area (Å²) in [5, 5.41) is 0.253. The van der Waals surface area contributed by atoms with Gasteiger partial charge in [0.05, 0.1) is 23.0 Å². The monoisotopic (exact) mass is 378 g/mol. The molecule has 5 nitrogen and oxygen atoms in total. The van der Waals surface area contributed by atoms with E-state index in [0.717, 1.165) is 24.7 Å². The van der Waals surface area contributed by atoms with Crippen LogP contribution in [0.25, 0.3) is 0 Å². The van der Waals surface area contributed by atoms with Crippen molar-refractivity contribution in [2.75, 3.05) is 17.5 Å². The second-order valence-electron chi connectivity index (χ2n) is 6.14. The number of sulfonamides is 1. The molecule has 1 saturated heterocycles. The van der Waals surface area contributed by atoms with Crippen LogP contribution >= 0.6 is 11.6 Å². The molecule has 25 heavy (non-hydrogen) atoms. The van der Waals surface area contributed by atoms with Crippen LogP contribution in [0.1, 0.15) is 34.8 Å². The Bertz CT molecular complexity index is 884. The zero-order chi connectivity index (χ0) is 18.0. The van der Waals surface area contributed by atoms with Crippen LogP contribution < -0.4 is 4.72 Å². The van der Waals surface area contributed by atoms with Gasteiger partial charge in [0.25, 0.3) is 5.91 Å². The van der Waals surface area contributed by atoms with Crippen molar-refractivity contribution in [1.82, 2.24) is 4.90 Å². The fourth-order valence-corrected chi connectivity index (χ4v) is 3.92. The van der Waals surface area contributed by atoms with Crippen molar-refractivity contribution < 1.29 is 13.2 Å². The first-order chi connectivity index (χ1) is 11.8. The highest BCUT2D eigenvalue weighted by atomic mass is 35.5. The van der Waals surface area contributed by atoms with E-state index in [1.54, 1.807) is 6.07 Å². The number of rotatable bonds is 4. The van der Waals surface area contributed by atoms with Crippen LogP contribution in [0.15, 0.2) is 48.5 Å². The van der Waals surface area contributed by atoms with Gasteiger partial charge in [-0.3, -0.25) is 9.52 Å². The topological polar surface area (TPSA) is 66.5 Å². The molecule has 132 valence electrons. The Morgan fingerprint density at radius 1 is 1.20 bits per heavy atom. The fraction of sp³-hybridized carbons (Fsp3) is 0.278. The van der Waals surface area contributed by atoms with Crippen LogP contribution in [0.4, 0.5) is 5.69 Å². The predicted molar refractivity (Wildman–Crippen MR) is 99.4 cm³/mol. The average molecular weight is 379 g/mol. The first kappa shape index (κ1) is 17.8. The largest absolute Gasteiger partial charge is 0.332 e. The highest BCUT2D eigenvalue weighted by Crippen LogP contribution is 2.34. The Morgan fingerprint density at radius 2 is 1.92 bits per heavy atom. The van der Waals surface area contributed by atoms with Crippen molar-refractivity contribution in [3.63, 3.8) is 0 Å². The predicted octanol–water partition coefficient (Wildman–Crippen LogP) is 3.69. The number of carbonyl (C=O) groups excluding carboxylic acids is 1. The van der Waals surface area contributed by atoms with Crippen LogP contribution in [-0.2, 0) is 10.0 Å². The first-order valence-corrected chi connectivity index (χ1v) is 10.3. The molecule has 0 radical (unpaired) electrons. The minimum absolute atomic E-state index is 0.0377. The van der Waals surface area contributed by atoms with Crippen molar-refractivity contribution in [3.05, 3.63) is 64.7 Å². The third-order valence-electron chi connectivity index (χ3n) is 4.21. The molecule has 1 heterocycles. The normalized spacial score (nSPS) is 17.5. The zero-order valence-electron chi connectivity index (χ0n) is 13.8. The SMILES string of the molecule is CS(=O)(=O)Nc1cc(C(=O)N2CCC[C@@H]2c2ccccc2)ccc1Cl. The number of carbonyl (C=O) groups is 1. The van der Waals surface area contributed by atoms with Crippen LogP contribution in [0.5, 0.6) is 0 Å². The molecule has 0 saturated carbocycles. The Morgan fingerprint density at radius 3 is 2.60 bits per heavy atom. The number of halogens is 1. The summed E-state index contributed by atoms with van der Waals surface area (Å²) in [4.78, 5) is 14.8. The Balaban J connectivity index is 1.89. The van der Waals surface area contributed by atoms with E-state index in [-0.39, 0.29) is 22.7 Å². The Hall–Kier alpha value is -2.05. The number of likely N-dealkylation sites (tertiary alicyclic amines) is 1. The fourth-order valence-electron chi connectivity index (χ4n) is 3.13. The van der Waals surface area contributed by atoms with E-state index in [4.69, 9.17) is 11.6 Å². The van der Waals surface area contributed by atoms with E-state index in [1.807, 2.05) is 35.2 Å². The molecule has 0 aromatic heterocycles. The molecule has 0 spiro atoms. The number of hydrogen-bond acceptors (Lipinski definition) is 3. The van der Waals surface area contributed by atoms with Crippen molar-refractivity contribution in [2.24, 2.45) is 0 Å². The van der Waals surface area contributed by atoms with Gasteiger partial charge in [-0.2, -0.15) is 0 Å². The number of anilines is 1. The molecule has 1 amide bonds. The molecule has 2 aromatic rings. The molecule has 3 rings (SSSR count). The number of benzene rings is 2. The number of hydrogen-bond donors (Lipinski definition) is 1. The Kier molecular flexibility index (Phi) is 5.01. The van der Waals surface area contributed by atoms with Crippen molar-refractivity contribution in [1.29, 1.82) is 0 Å².